The van der Waals surface area contributed by atoms with Gasteiger partial charge in [-0.1, -0.05) is 32.9 Å². The molecule has 1 rings (SSSR count). The Hall–Kier alpha value is -1.18. The Bertz CT molecular complexity index is 355. The van der Waals surface area contributed by atoms with Gasteiger partial charge in [0.25, 0.3) is 0 Å². The van der Waals surface area contributed by atoms with Gasteiger partial charge < -0.3 is 0 Å². The van der Waals surface area contributed by atoms with Crippen LogP contribution in [0.1, 0.15) is 38.7 Å². The number of hydrogen-bond acceptors (Lipinski definition) is 0. The van der Waals surface area contributed by atoms with Crippen LogP contribution in [-0.4, -0.2) is 0 Å². The third-order valence-electron chi connectivity index (χ3n) is 2.80. The van der Waals surface area contributed by atoms with Crippen LogP contribution in [0, 0.1) is 17.0 Å². The van der Waals surface area contributed by atoms with E-state index in [4.69, 9.17) is 0 Å². The Kier molecular flexibility index (Phi) is 3.84. The molecule has 1 aromatic rings. The summed E-state index contributed by atoms with van der Waals surface area (Å²) in [5.41, 5.74) is -0.0214. The van der Waals surface area contributed by atoms with Crippen molar-refractivity contribution in [2.45, 2.75) is 33.1 Å². The van der Waals surface area contributed by atoms with Crippen molar-refractivity contribution in [1.82, 2.24) is 0 Å². The molecule has 0 N–H and O–H groups in total. The Balaban J connectivity index is 3.26. The van der Waals surface area contributed by atoms with E-state index in [0.717, 1.165) is 0 Å². The lowest BCUT2D eigenvalue weighted by Gasteiger charge is -2.30. The molecule has 0 aliphatic heterocycles. The van der Waals surface area contributed by atoms with Crippen molar-refractivity contribution in [2.24, 2.45) is 5.41 Å². The summed E-state index contributed by atoms with van der Waals surface area (Å²) < 4.78 is 27.4. The predicted octanol–water partition coefficient (Wildman–Crippen LogP) is 4.67. The average molecular weight is 224 g/mol. The molecule has 2 heteroatoms. The van der Waals surface area contributed by atoms with Crippen molar-refractivity contribution >= 4 is 0 Å². The van der Waals surface area contributed by atoms with Gasteiger partial charge in [-0.05, 0) is 29.9 Å². The molecule has 0 radical (unpaired) electrons. The molecule has 1 unspecified atom stereocenters. The Labute approximate surface area is 96.0 Å². The number of allylic oxidation sites excluding steroid dienone is 1. The van der Waals surface area contributed by atoms with Crippen LogP contribution < -0.4 is 0 Å². The maximum absolute atomic E-state index is 13.7. The number of halogens is 2. The molecule has 0 spiro atoms. The quantitative estimate of drug-likeness (QED) is 0.654. The van der Waals surface area contributed by atoms with E-state index in [0.29, 0.717) is 6.42 Å². The van der Waals surface area contributed by atoms with Gasteiger partial charge in [0.15, 0.2) is 0 Å². The molecule has 0 aliphatic rings. The molecule has 88 valence electrons. The highest BCUT2D eigenvalue weighted by atomic mass is 19.1. The van der Waals surface area contributed by atoms with Crippen LogP contribution in [0.3, 0.4) is 0 Å². The number of benzene rings is 1. The van der Waals surface area contributed by atoms with E-state index in [2.05, 4.69) is 6.58 Å². The van der Waals surface area contributed by atoms with Crippen molar-refractivity contribution in [1.29, 1.82) is 0 Å². The van der Waals surface area contributed by atoms with Crippen LogP contribution in [0.25, 0.3) is 0 Å². The predicted molar refractivity (Wildman–Crippen MR) is 63.4 cm³/mol. The van der Waals surface area contributed by atoms with E-state index in [1.807, 2.05) is 20.8 Å². The zero-order valence-electron chi connectivity index (χ0n) is 10.1. The maximum atomic E-state index is 13.7. The molecule has 16 heavy (non-hydrogen) atoms. The monoisotopic (exact) mass is 224 g/mol. The molecule has 0 saturated carbocycles. The van der Waals surface area contributed by atoms with Crippen molar-refractivity contribution in [2.75, 3.05) is 0 Å². The molecule has 1 aromatic carbocycles. The fourth-order valence-electron chi connectivity index (χ4n) is 1.91. The summed E-state index contributed by atoms with van der Waals surface area (Å²) in [4.78, 5) is 0. The summed E-state index contributed by atoms with van der Waals surface area (Å²) in [5.74, 6) is -1.13. The standard InChI is InChI=1S/C14H18F2/c1-5-7-10(14(2,3)4)13-11(15)8-6-9-12(13)16/h5-6,8-10H,1,7H2,2-4H3. The summed E-state index contributed by atoms with van der Waals surface area (Å²) in [6.07, 6.45) is 2.28. The Morgan fingerprint density at radius 1 is 1.25 bits per heavy atom. The lowest BCUT2D eigenvalue weighted by molar-refractivity contribution is 0.305. The van der Waals surface area contributed by atoms with Gasteiger partial charge in [-0.3, -0.25) is 0 Å². The zero-order valence-corrected chi connectivity index (χ0v) is 10.1. The highest BCUT2D eigenvalue weighted by Crippen LogP contribution is 2.40. The topological polar surface area (TPSA) is 0 Å². The van der Waals surface area contributed by atoms with Crippen molar-refractivity contribution in [3.63, 3.8) is 0 Å². The van der Waals surface area contributed by atoms with Gasteiger partial charge in [-0.25, -0.2) is 8.78 Å². The average Bonchev–Trinajstić information content (AvgIpc) is 2.14. The van der Waals surface area contributed by atoms with E-state index in [9.17, 15) is 8.78 Å². The summed E-state index contributed by atoms with van der Waals surface area (Å²) in [6.45, 7) is 9.59. The second-order valence-electron chi connectivity index (χ2n) is 5.08. The summed E-state index contributed by atoms with van der Waals surface area (Å²) in [5, 5.41) is 0. The second kappa shape index (κ2) is 4.77. The maximum Gasteiger partial charge on any atom is 0.129 e. The molecule has 0 bridgehead atoms. The molecule has 0 fully saturated rings. The van der Waals surface area contributed by atoms with Crippen LogP contribution >= 0.6 is 0 Å². The van der Waals surface area contributed by atoms with Gasteiger partial charge >= 0.3 is 0 Å². The third-order valence-corrected chi connectivity index (χ3v) is 2.80. The molecule has 0 aromatic heterocycles. The van der Waals surface area contributed by atoms with Crippen LogP contribution in [0.5, 0.6) is 0 Å². The highest BCUT2D eigenvalue weighted by Gasteiger charge is 2.29. The minimum absolute atomic E-state index is 0.176. The van der Waals surface area contributed by atoms with Gasteiger partial charge in [-0.2, -0.15) is 0 Å². The van der Waals surface area contributed by atoms with Gasteiger partial charge in [0.05, 0.1) is 0 Å². The van der Waals surface area contributed by atoms with Gasteiger partial charge in [0.2, 0.25) is 0 Å². The lowest BCUT2D eigenvalue weighted by atomic mass is 9.74. The lowest BCUT2D eigenvalue weighted by Crippen LogP contribution is -2.20. The van der Waals surface area contributed by atoms with Crippen LogP contribution in [-0.2, 0) is 0 Å². The smallest absolute Gasteiger partial charge is 0.129 e. The molecular formula is C14H18F2. The summed E-state index contributed by atoms with van der Waals surface area (Å²) in [7, 11) is 0. The van der Waals surface area contributed by atoms with E-state index < -0.39 is 11.6 Å². The fourth-order valence-corrected chi connectivity index (χ4v) is 1.91. The van der Waals surface area contributed by atoms with Crippen LogP contribution in [0.4, 0.5) is 8.78 Å². The minimum atomic E-state index is -0.471. The largest absolute Gasteiger partial charge is 0.207 e. The second-order valence-corrected chi connectivity index (χ2v) is 5.08. The van der Waals surface area contributed by atoms with Gasteiger partial charge in [0, 0.05) is 5.56 Å². The Morgan fingerprint density at radius 3 is 2.12 bits per heavy atom. The van der Waals surface area contributed by atoms with E-state index >= 15 is 0 Å². The zero-order chi connectivity index (χ0) is 12.3. The fraction of sp³-hybridized carbons (Fsp3) is 0.429. The first-order valence-electron chi connectivity index (χ1n) is 5.42. The van der Waals surface area contributed by atoms with E-state index in [1.54, 1.807) is 6.08 Å². The van der Waals surface area contributed by atoms with Gasteiger partial charge in [0.1, 0.15) is 11.6 Å². The van der Waals surface area contributed by atoms with Gasteiger partial charge in [-0.15, -0.1) is 6.58 Å². The molecule has 0 saturated heterocycles. The normalized spacial score (nSPS) is 13.6. The van der Waals surface area contributed by atoms with Crippen LogP contribution in [0.15, 0.2) is 30.9 Å². The first kappa shape index (κ1) is 12.9. The first-order chi connectivity index (χ1) is 7.38. The number of rotatable bonds is 3. The molecular weight excluding hydrogens is 206 g/mol. The minimum Gasteiger partial charge on any atom is -0.207 e. The SMILES string of the molecule is C=CCC(c1c(F)cccc1F)C(C)(C)C. The van der Waals surface area contributed by atoms with Crippen molar-refractivity contribution < 1.29 is 8.78 Å². The van der Waals surface area contributed by atoms with E-state index in [1.165, 1.54) is 18.2 Å². The molecule has 0 aliphatic carbocycles. The summed E-state index contributed by atoms with van der Waals surface area (Å²) >= 11 is 0. The Morgan fingerprint density at radius 2 is 1.75 bits per heavy atom. The molecule has 0 nitrogen and oxygen atoms in total. The summed E-state index contributed by atoms with van der Waals surface area (Å²) in [6, 6.07) is 4.00. The van der Waals surface area contributed by atoms with E-state index in [-0.39, 0.29) is 16.9 Å². The van der Waals surface area contributed by atoms with Crippen LogP contribution in [0.2, 0.25) is 0 Å². The first-order valence-corrected chi connectivity index (χ1v) is 5.42. The molecule has 0 amide bonds. The molecule has 0 heterocycles. The van der Waals surface area contributed by atoms with Crippen molar-refractivity contribution in [3.8, 4) is 0 Å². The third kappa shape index (κ3) is 2.69. The molecule has 1 atom stereocenters. The van der Waals surface area contributed by atoms with Crippen molar-refractivity contribution in [3.05, 3.63) is 48.1 Å². The number of hydrogen-bond donors (Lipinski definition) is 0. The highest BCUT2D eigenvalue weighted by molar-refractivity contribution is 5.26.